The highest BCUT2D eigenvalue weighted by Gasteiger charge is 2.29. The van der Waals surface area contributed by atoms with Crippen molar-refractivity contribution in [2.24, 2.45) is 0 Å². The number of amides is 1. The fraction of sp³-hybridized carbons (Fsp3) is 0.600. The van der Waals surface area contributed by atoms with Gasteiger partial charge in [-0.2, -0.15) is 0 Å². The highest BCUT2D eigenvalue weighted by molar-refractivity contribution is 9.10. The van der Waals surface area contributed by atoms with E-state index in [1.54, 1.807) is 4.90 Å². The molecule has 1 N–H and O–H groups in total. The molecule has 1 aliphatic rings. The number of hydrogen-bond acceptors (Lipinski definition) is 4. The van der Waals surface area contributed by atoms with E-state index in [1.807, 2.05) is 39.1 Å². The Morgan fingerprint density at radius 3 is 2.90 bits per heavy atom. The minimum Gasteiger partial charge on any atom is -0.444 e. The second-order valence-electron chi connectivity index (χ2n) is 6.28. The van der Waals surface area contributed by atoms with E-state index in [9.17, 15) is 4.79 Å². The maximum absolute atomic E-state index is 12.0. The number of pyridine rings is 1. The monoisotopic (exact) mass is 355 g/mol. The number of hydrogen-bond donors (Lipinski definition) is 1. The third-order valence-corrected chi connectivity index (χ3v) is 3.69. The summed E-state index contributed by atoms with van der Waals surface area (Å²) < 4.78 is 6.23. The number of likely N-dealkylation sites (tertiary alicyclic amines) is 1. The molecule has 116 valence electrons. The summed E-state index contributed by atoms with van der Waals surface area (Å²) in [5.74, 6) is 0. The van der Waals surface area contributed by atoms with Crippen LogP contribution in [0.15, 0.2) is 22.9 Å². The summed E-state index contributed by atoms with van der Waals surface area (Å²) in [5, 5.41) is 3.46. The lowest BCUT2D eigenvalue weighted by Crippen LogP contribution is -2.38. The molecule has 0 aromatic carbocycles. The summed E-state index contributed by atoms with van der Waals surface area (Å²) >= 11 is 3.32. The van der Waals surface area contributed by atoms with Gasteiger partial charge in [-0.15, -0.1) is 0 Å². The molecule has 1 saturated heterocycles. The first-order valence-electron chi connectivity index (χ1n) is 7.15. The van der Waals surface area contributed by atoms with Crippen LogP contribution >= 0.6 is 15.9 Å². The van der Waals surface area contributed by atoms with Crippen LogP contribution in [-0.2, 0) is 11.3 Å². The molecule has 2 rings (SSSR count). The molecule has 0 bridgehead atoms. The largest absolute Gasteiger partial charge is 0.444 e. The molecule has 1 aromatic rings. The molecule has 0 spiro atoms. The topological polar surface area (TPSA) is 54.5 Å². The lowest BCUT2D eigenvalue weighted by molar-refractivity contribution is 0.0291. The predicted molar refractivity (Wildman–Crippen MR) is 85.0 cm³/mol. The zero-order chi connectivity index (χ0) is 15.5. The van der Waals surface area contributed by atoms with Gasteiger partial charge in [-0.1, -0.05) is 6.07 Å². The summed E-state index contributed by atoms with van der Waals surface area (Å²) in [6.45, 7) is 7.85. The Labute approximate surface area is 134 Å². The molecule has 1 atom stereocenters. The fourth-order valence-electron chi connectivity index (χ4n) is 2.19. The van der Waals surface area contributed by atoms with Gasteiger partial charge in [0.2, 0.25) is 0 Å². The van der Waals surface area contributed by atoms with Gasteiger partial charge in [-0.25, -0.2) is 9.78 Å². The van der Waals surface area contributed by atoms with Crippen LogP contribution in [0, 0.1) is 0 Å². The molecule has 5 nitrogen and oxygen atoms in total. The standard InChI is InChI=1S/C15H22BrN3O2/c1-15(2,3)21-14(20)19-7-6-12(10-19)17-8-11-4-5-13(16)18-9-11/h4-5,9,12,17H,6-8,10H2,1-3H3/t12-/m0/s1. The van der Waals surface area contributed by atoms with Crippen molar-refractivity contribution < 1.29 is 9.53 Å². The van der Waals surface area contributed by atoms with Crippen LogP contribution in [0.25, 0.3) is 0 Å². The molecule has 0 radical (unpaired) electrons. The van der Waals surface area contributed by atoms with E-state index in [4.69, 9.17) is 4.74 Å². The van der Waals surface area contributed by atoms with Crippen LogP contribution in [0.1, 0.15) is 32.8 Å². The average Bonchev–Trinajstić information content (AvgIpc) is 2.85. The number of aromatic nitrogens is 1. The van der Waals surface area contributed by atoms with Crippen molar-refractivity contribution in [3.05, 3.63) is 28.5 Å². The van der Waals surface area contributed by atoms with Crippen LogP contribution in [0.5, 0.6) is 0 Å². The first-order chi connectivity index (χ1) is 9.83. The smallest absolute Gasteiger partial charge is 0.410 e. The highest BCUT2D eigenvalue weighted by Crippen LogP contribution is 2.15. The van der Waals surface area contributed by atoms with Crippen LogP contribution in [-0.4, -0.2) is 40.7 Å². The number of rotatable bonds is 3. The van der Waals surface area contributed by atoms with Crippen molar-refractivity contribution in [2.75, 3.05) is 13.1 Å². The molecule has 0 aliphatic carbocycles. The molecule has 1 aliphatic heterocycles. The average molecular weight is 356 g/mol. The fourth-order valence-corrected chi connectivity index (χ4v) is 2.43. The molecular weight excluding hydrogens is 334 g/mol. The summed E-state index contributed by atoms with van der Waals surface area (Å²) in [6.07, 6.45) is 2.57. The summed E-state index contributed by atoms with van der Waals surface area (Å²) in [4.78, 5) is 17.9. The number of halogens is 1. The van der Waals surface area contributed by atoms with E-state index in [0.29, 0.717) is 12.6 Å². The Bertz CT molecular complexity index is 485. The van der Waals surface area contributed by atoms with Crippen molar-refractivity contribution in [3.63, 3.8) is 0 Å². The highest BCUT2D eigenvalue weighted by atomic mass is 79.9. The number of ether oxygens (including phenoxy) is 1. The van der Waals surface area contributed by atoms with Gasteiger partial charge in [0, 0.05) is 31.9 Å². The molecule has 1 fully saturated rings. The lowest BCUT2D eigenvalue weighted by atomic mass is 10.2. The molecule has 0 unspecified atom stereocenters. The maximum atomic E-state index is 12.0. The van der Waals surface area contributed by atoms with Gasteiger partial charge in [0.05, 0.1) is 0 Å². The lowest BCUT2D eigenvalue weighted by Gasteiger charge is -2.24. The summed E-state index contributed by atoms with van der Waals surface area (Å²) in [7, 11) is 0. The minimum atomic E-state index is -0.439. The van der Waals surface area contributed by atoms with Crippen molar-refractivity contribution >= 4 is 22.0 Å². The van der Waals surface area contributed by atoms with Crippen molar-refractivity contribution in [2.45, 2.75) is 45.4 Å². The quantitative estimate of drug-likeness (QED) is 0.847. The van der Waals surface area contributed by atoms with E-state index in [-0.39, 0.29) is 6.09 Å². The van der Waals surface area contributed by atoms with E-state index in [0.717, 1.165) is 29.7 Å². The SMILES string of the molecule is CC(C)(C)OC(=O)N1CC[C@H](NCc2ccc(Br)nc2)C1. The predicted octanol–water partition coefficient (Wildman–Crippen LogP) is 2.94. The Morgan fingerprint density at radius 1 is 1.52 bits per heavy atom. The summed E-state index contributed by atoms with van der Waals surface area (Å²) in [5.41, 5.74) is 0.694. The zero-order valence-electron chi connectivity index (χ0n) is 12.7. The van der Waals surface area contributed by atoms with Crippen LogP contribution in [0.2, 0.25) is 0 Å². The third kappa shape index (κ3) is 5.28. The molecule has 0 saturated carbocycles. The summed E-state index contributed by atoms with van der Waals surface area (Å²) in [6, 6.07) is 4.27. The Balaban J connectivity index is 1.77. The van der Waals surface area contributed by atoms with Gasteiger partial charge >= 0.3 is 6.09 Å². The van der Waals surface area contributed by atoms with Crippen molar-refractivity contribution in [3.8, 4) is 0 Å². The number of carbonyl (C=O) groups is 1. The van der Waals surface area contributed by atoms with Gasteiger partial charge < -0.3 is 15.0 Å². The van der Waals surface area contributed by atoms with Crippen LogP contribution in [0.4, 0.5) is 4.79 Å². The number of nitrogens with zero attached hydrogens (tertiary/aromatic N) is 2. The zero-order valence-corrected chi connectivity index (χ0v) is 14.3. The molecular formula is C15H22BrN3O2. The normalized spacial score (nSPS) is 18.9. The van der Waals surface area contributed by atoms with E-state index < -0.39 is 5.60 Å². The van der Waals surface area contributed by atoms with Gasteiger partial charge in [-0.3, -0.25) is 0 Å². The van der Waals surface area contributed by atoms with Crippen LogP contribution in [0.3, 0.4) is 0 Å². The van der Waals surface area contributed by atoms with Crippen molar-refractivity contribution in [1.82, 2.24) is 15.2 Å². The van der Waals surface area contributed by atoms with Gasteiger partial charge in [0.15, 0.2) is 0 Å². The van der Waals surface area contributed by atoms with Crippen molar-refractivity contribution in [1.29, 1.82) is 0 Å². The van der Waals surface area contributed by atoms with Crippen LogP contribution < -0.4 is 5.32 Å². The molecule has 1 amide bonds. The van der Waals surface area contributed by atoms with E-state index >= 15 is 0 Å². The molecule has 2 heterocycles. The maximum Gasteiger partial charge on any atom is 0.410 e. The second kappa shape index (κ2) is 6.75. The first kappa shape index (κ1) is 16.2. The van der Waals surface area contributed by atoms with Gasteiger partial charge in [0.25, 0.3) is 0 Å². The number of nitrogens with one attached hydrogen (secondary N) is 1. The van der Waals surface area contributed by atoms with Gasteiger partial charge in [0.1, 0.15) is 10.2 Å². The van der Waals surface area contributed by atoms with E-state index in [1.165, 1.54) is 0 Å². The first-order valence-corrected chi connectivity index (χ1v) is 7.94. The molecule has 1 aromatic heterocycles. The Morgan fingerprint density at radius 2 is 2.29 bits per heavy atom. The number of carbonyl (C=O) groups excluding carboxylic acids is 1. The van der Waals surface area contributed by atoms with E-state index in [2.05, 4.69) is 26.2 Å². The second-order valence-corrected chi connectivity index (χ2v) is 7.09. The third-order valence-electron chi connectivity index (χ3n) is 3.22. The minimum absolute atomic E-state index is 0.225. The molecule has 6 heteroatoms. The Kier molecular flexibility index (Phi) is 5.22. The molecule has 21 heavy (non-hydrogen) atoms. The van der Waals surface area contributed by atoms with Gasteiger partial charge in [-0.05, 0) is 54.8 Å². The Hall–Kier alpha value is -1.14.